The maximum absolute atomic E-state index is 15.1. The highest BCUT2D eigenvalue weighted by atomic mass is 19.1. The summed E-state index contributed by atoms with van der Waals surface area (Å²) >= 11 is 0. The first-order valence-electron chi connectivity index (χ1n) is 10.8. The third kappa shape index (κ3) is 5.59. The average Bonchev–Trinajstić information content (AvgIpc) is 3.09. The van der Waals surface area contributed by atoms with Crippen LogP contribution in [0.5, 0.6) is 0 Å². The standard InChI is InChI=1S/C23H37FO4/c1-5-6-13-23(3,4)19(25)12-11-16-15(2)14-18-21(16)22(24)17(28-18)9-7-8-10-20(26)27/h9,11-12,15-16,18-19,21-22,25H,5-8,10,13-14H2,1-4H3,(H,26,27)/t15-,16+,18+,19-,21-,22-/m1/s1. The quantitative estimate of drug-likeness (QED) is 0.390. The third-order valence-electron chi connectivity index (χ3n) is 6.46. The van der Waals surface area contributed by atoms with E-state index in [-0.39, 0.29) is 29.8 Å². The van der Waals surface area contributed by atoms with E-state index in [4.69, 9.17) is 9.84 Å². The highest BCUT2D eigenvalue weighted by Crippen LogP contribution is 2.49. The Morgan fingerprint density at radius 1 is 1.39 bits per heavy atom. The van der Waals surface area contributed by atoms with Gasteiger partial charge in [-0.3, -0.25) is 4.79 Å². The van der Waals surface area contributed by atoms with Gasteiger partial charge in [-0.2, -0.15) is 0 Å². The van der Waals surface area contributed by atoms with Crippen LogP contribution in [0.15, 0.2) is 24.0 Å². The number of carbonyl (C=O) groups is 1. The van der Waals surface area contributed by atoms with Crippen molar-refractivity contribution in [1.82, 2.24) is 0 Å². The maximum Gasteiger partial charge on any atom is 0.303 e. The molecule has 0 aromatic rings. The molecule has 4 nitrogen and oxygen atoms in total. The normalized spacial score (nSPS) is 32.6. The summed E-state index contributed by atoms with van der Waals surface area (Å²) in [4.78, 5) is 10.6. The van der Waals surface area contributed by atoms with E-state index in [1.807, 2.05) is 12.2 Å². The number of aliphatic carboxylic acids is 1. The Labute approximate surface area is 168 Å². The molecule has 2 fully saturated rings. The van der Waals surface area contributed by atoms with Gasteiger partial charge in [0.25, 0.3) is 0 Å². The molecule has 0 bridgehead atoms. The molecule has 0 unspecified atom stereocenters. The maximum atomic E-state index is 15.1. The molecule has 0 radical (unpaired) electrons. The number of fused-ring (bicyclic) bond motifs is 1. The molecule has 1 saturated heterocycles. The van der Waals surface area contributed by atoms with Crippen LogP contribution in [0.2, 0.25) is 0 Å². The Morgan fingerprint density at radius 2 is 2.11 bits per heavy atom. The second kappa shape index (κ2) is 9.91. The van der Waals surface area contributed by atoms with Gasteiger partial charge in [0.15, 0.2) is 6.17 Å². The van der Waals surface area contributed by atoms with Crippen LogP contribution in [0.1, 0.15) is 72.6 Å². The van der Waals surface area contributed by atoms with Crippen LogP contribution < -0.4 is 0 Å². The Hall–Kier alpha value is -1.36. The number of halogens is 1. The lowest BCUT2D eigenvalue weighted by Crippen LogP contribution is -2.28. The zero-order valence-corrected chi connectivity index (χ0v) is 17.7. The number of carboxylic acids is 1. The van der Waals surface area contributed by atoms with Crippen molar-refractivity contribution in [2.24, 2.45) is 23.2 Å². The first-order chi connectivity index (χ1) is 13.2. The van der Waals surface area contributed by atoms with Crippen LogP contribution in [0.25, 0.3) is 0 Å². The zero-order valence-electron chi connectivity index (χ0n) is 17.7. The van der Waals surface area contributed by atoms with E-state index in [9.17, 15) is 9.90 Å². The number of aliphatic hydroxyl groups is 1. The first-order valence-corrected chi connectivity index (χ1v) is 10.8. The van der Waals surface area contributed by atoms with Gasteiger partial charge in [0.1, 0.15) is 11.9 Å². The van der Waals surface area contributed by atoms with Gasteiger partial charge < -0.3 is 14.9 Å². The van der Waals surface area contributed by atoms with Gasteiger partial charge in [0.2, 0.25) is 0 Å². The molecule has 0 amide bonds. The molecule has 2 aliphatic rings. The molecular formula is C23H37FO4. The number of carboxylic acid groups (broad SMARTS) is 1. The summed E-state index contributed by atoms with van der Waals surface area (Å²) < 4.78 is 20.9. The lowest BCUT2D eigenvalue weighted by Gasteiger charge is -2.29. The molecule has 2 N–H and O–H groups in total. The van der Waals surface area contributed by atoms with Crippen molar-refractivity contribution in [3.63, 3.8) is 0 Å². The Balaban J connectivity index is 2.00. The molecule has 1 saturated carbocycles. The molecule has 5 heteroatoms. The second-order valence-corrected chi connectivity index (χ2v) is 9.24. The van der Waals surface area contributed by atoms with Crippen molar-refractivity contribution in [2.45, 2.75) is 91.0 Å². The minimum absolute atomic E-state index is 0.0431. The van der Waals surface area contributed by atoms with Crippen LogP contribution in [-0.4, -0.2) is 34.6 Å². The van der Waals surface area contributed by atoms with Crippen LogP contribution in [0.4, 0.5) is 4.39 Å². The van der Waals surface area contributed by atoms with Crippen molar-refractivity contribution in [1.29, 1.82) is 0 Å². The summed E-state index contributed by atoms with van der Waals surface area (Å²) in [5, 5.41) is 19.3. The molecule has 6 atom stereocenters. The van der Waals surface area contributed by atoms with Gasteiger partial charge in [-0.25, -0.2) is 4.39 Å². The van der Waals surface area contributed by atoms with Gasteiger partial charge in [-0.05, 0) is 49.0 Å². The summed E-state index contributed by atoms with van der Waals surface area (Å²) in [6.45, 7) is 8.42. The summed E-state index contributed by atoms with van der Waals surface area (Å²) in [7, 11) is 0. The Kier molecular flexibility index (Phi) is 8.11. The van der Waals surface area contributed by atoms with E-state index in [2.05, 4.69) is 27.7 Å². The van der Waals surface area contributed by atoms with Crippen LogP contribution >= 0.6 is 0 Å². The molecule has 160 valence electrons. The molecule has 0 aromatic carbocycles. The average molecular weight is 397 g/mol. The van der Waals surface area contributed by atoms with Crippen molar-refractivity contribution >= 4 is 5.97 Å². The van der Waals surface area contributed by atoms with E-state index in [1.165, 1.54) is 0 Å². The molecule has 1 heterocycles. The Morgan fingerprint density at radius 3 is 2.75 bits per heavy atom. The number of rotatable bonds is 10. The minimum atomic E-state index is -1.15. The molecule has 0 aromatic heterocycles. The number of aliphatic hydroxyl groups excluding tert-OH is 1. The van der Waals surface area contributed by atoms with Crippen molar-refractivity contribution < 1.29 is 24.1 Å². The van der Waals surface area contributed by atoms with E-state index < -0.39 is 18.2 Å². The smallest absolute Gasteiger partial charge is 0.303 e. The molecule has 2 rings (SSSR count). The van der Waals surface area contributed by atoms with E-state index >= 15 is 4.39 Å². The van der Waals surface area contributed by atoms with Gasteiger partial charge in [0.05, 0.1) is 6.10 Å². The Bertz CT molecular complexity index is 583. The van der Waals surface area contributed by atoms with E-state index in [0.29, 0.717) is 24.5 Å². The zero-order chi connectivity index (χ0) is 20.9. The van der Waals surface area contributed by atoms with Crippen LogP contribution in [0.3, 0.4) is 0 Å². The highest BCUT2D eigenvalue weighted by molar-refractivity contribution is 5.66. The number of ether oxygens (including phenoxy) is 1. The third-order valence-corrected chi connectivity index (χ3v) is 6.46. The highest BCUT2D eigenvalue weighted by Gasteiger charge is 2.52. The fourth-order valence-corrected chi connectivity index (χ4v) is 4.50. The lowest BCUT2D eigenvalue weighted by molar-refractivity contribution is -0.137. The van der Waals surface area contributed by atoms with Crippen LogP contribution in [-0.2, 0) is 9.53 Å². The van der Waals surface area contributed by atoms with Crippen molar-refractivity contribution in [2.75, 3.05) is 0 Å². The molecule has 28 heavy (non-hydrogen) atoms. The predicted octanol–water partition coefficient (Wildman–Crippen LogP) is 5.27. The van der Waals surface area contributed by atoms with E-state index in [0.717, 1.165) is 25.7 Å². The van der Waals surface area contributed by atoms with Gasteiger partial charge in [-0.15, -0.1) is 0 Å². The summed E-state index contributed by atoms with van der Waals surface area (Å²) in [5.41, 5.74) is -0.190. The van der Waals surface area contributed by atoms with Crippen LogP contribution in [0, 0.1) is 23.2 Å². The SMILES string of the molecule is CCCCC(C)(C)[C@H](O)C=C[C@@H]1[C@@H]2[C@H](C[C@H]1C)OC(=CCCCC(=O)O)[C@H]2F. The topological polar surface area (TPSA) is 66.8 Å². The van der Waals surface area contributed by atoms with Gasteiger partial charge >= 0.3 is 5.97 Å². The number of hydrogen-bond donors (Lipinski definition) is 2. The molecule has 1 aliphatic heterocycles. The van der Waals surface area contributed by atoms with E-state index in [1.54, 1.807) is 6.08 Å². The second-order valence-electron chi connectivity index (χ2n) is 9.24. The number of allylic oxidation sites excluding steroid dienone is 3. The van der Waals surface area contributed by atoms with Crippen molar-refractivity contribution in [3.8, 4) is 0 Å². The van der Waals surface area contributed by atoms with Gasteiger partial charge in [-0.1, -0.05) is 52.7 Å². The fourth-order valence-electron chi connectivity index (χ4n) is 4.50. The fraction of sp³-hybridized carbons (Fsp3) is 0.783. The van der Waals surface area contributed by atoms with Crippen molar-refractivity contribution in [3.05, 3.63) is 24.0 Å². The number of unbranched alkanes of at least 4 members (excludes halogenated alkanes) is 2. The van der Waals surface area contributed by atoms with Gasteiger partial charge in [0, 0.05) is 12.3 Å². The molecule has 0 spiro atoms. The lowest BCUT2D eigenvalue weighted by atomic mass is 9.80. The predicted molar refractivity (Wildman–Crippen MR) is 109 cm³/mol. The summed E-state index contributed by atoms with van der Waals surface area (Å²) in [5.74, 6) is -0.332. The number of alkyl halides is 1. The molecular weight excluding hydrogens is 359 g/mol. The first kappa shape index (κ1) is 22.9. The summed E-state index contributed by atoms with van der Waals surface area (Å²) in [6, 6.07) is 0. The number of hydrogen-bond acceptors (Lipinski definition) is 3. The summed E-state index contributed by atoms with van der Waals surface area (Å²) in [6.07, 6.45) is 8.81. The molecule has 1 aliphatic carbocycles. The minimum Gasteiger partial charge on any atom is -0.492 e. The largest absolute Gasteiger partial charge is 0.492 e. The monoisotopic (exact) mass is 396 g/mol.